The molecular formula is C15H20Br2O. The second kappa shape index (κ2) is 5.96. The Morgan fingerprint density at radius 3 is 2.50 bits per heavy atom. The fraction of sp³-hybridized carbons (Fsp3) is 0.600. The van der Waals surface area contributed by atoms with E-state index in [1.807, 2.05) is 12.1 Å². The highest BCUT2D eigenvalue weighted by Gasteiger charge is 2.36. The molecule has 1 nitrogen and oxygen atoms in total. The lowest BCUT2D eigenvalue weighted by Crippen LogP contribution is -2.25. The standard InChI is InChI=1S/C15H20Br2O/c1-15(8-4-3-5-9-15)14(17)12-10-11(16)6-7-13(12)18-2/h6-7,10,14H,3-5,8-9H2,1-2H3. The van der Waals surface area contributed by atoms with Gasteiger partial charge < -0.3 is 4.74 Å². The average Bonchev–Trinajstić information content (AvgIpc) is 2.38. The van der Waals surface area contributed by atoms with Gasteiger partial charge in [0.2, 0.25) is 0 Å². The van der Waals surface area contributed by atoms with Crippen LogP contribution in [0.15, 0.2) is 22.7 Å². The third kappa shape index (κ3) is 2.93. The molecule has 1 aliphatic rings. The summed E-state index contributed by atoms with van der Waals surface area (Å²) in [7, 11) is 1.75. The average molecular weight is 376 g/mol. The number of alkyl halides is 1. The third-order valence-corrected chi connectivity index (χ3v) is 6.16. The molecule has 0 radical (unpaired) electrons. The molecule has 18 heavy (non-hydrogen) atoms. The Morgan fingerprint density at radius 1 is 1.22 bits per heavy atom. The van der Waals surface area contributed by atoms with Crippen LogP contribution in [0, 0.1) is 5.41 Å². The summed E-state index contributed by atoms with van der Waals surface area (Å²) >= 11 is 7.49. The van der Waals surface area contributed by atoms with Gasteiger partial charge in [0.1, 0.15) is 5.75 Å². The Balaban J connectivity index is 2.32. The fourth-order valence-electron chi connectivity index (χ4n) is 2.89. The number of hydrogen-bond acceptors (Lipinski definition) is 1. The van der Waals surface area contributed by atoms with Crippen molar-refractivity contribution in [2.45, 2.75) is 43.9 Å². The van der Waals surface area contributed by atoms with Gasteiger partial charge in [-0.05, 0) is 36.5 Å². The van der Waals surface area contributed by atoms with Crippen molar-refractivity contribution in [1.29, 1.82) is 0 Å². The number of ether oxygens (including phenoxy) is 1. The molecule has 0 aliphatic heterocycles. The molecule has 0 spiro atoms. The molecule has 0 saturated heterocycles. The first-order valence-electron chi connectivity index (χ1n) is 6.54. The van der Waals surface area contributed by atoms with Crippen molar-refractivity contribution in [3.63, 3.8) is 0 Å². The Morgan fingerprint density at radius 2 is 1.89 bits per heavy atom. The minimum absolute atomic E-state index is 0.340. The van der Waals surface area contributed by atoms with Crippen LogP contribution in [0.25, 0.3) is 0 Å². The molecular weight excluding hydrogens is 356 g/mol. The van der Waals surface area contributed by atoms with Gasteiger partial charge in [0.15, 0.2) is 0 Å². The normalized spacial score (nSPS) is 20.4. The maximum atomic E-state index is 5.51. The second-order valence-electron chi connectivity index (χ2n) is 5.46. The molecule has 1 aliphatic carbocycles. The van der Waals surface area contributed by atoms with Crippen LogP contribution in [-0.4, -0.2) is 7.11 Å². The lowest BCUT2D eigenvalue weighted by molar-refractivity contribution is 0.210. The highest BCUT2D eigenvalue weighted by atomic mass is 79.9. The number of methoxy groups -OCH3 is 1. The largest absolute Gasteiger partial charge is 0.496 e. The molecule has 0 heterocycles. The molecule has 1 aromatic carbocycles. The van der Waals surface area contributed by atoms with E-state index >= 15 is 0 Å². The lowest BCUT2D eigenvalue weighted by Gasteiger charge is -2.38. The SMILES string of the molecule is COc1ccc(Br)cc1C(Br)C1(C)CCCCC1. The van der Waals surface area contributed by atoms with E-state index in [1.165, 1.54) is 37.7 Å². The smallest absolute Gasteiger partial charge is 0.123 e. The molecule has 1 saturated carbocycles. The van der Waals surface area contributed by atoms with Crippen LogP contribution in [0.4, 0.5) is 0 Å². The van der Waals surface area contributed by atoms with Gasteiger partial charge in [-0.25, -0.2) is 0 Å². The Labute approximate surface area is 127 Å². The Hall–Kier alpha value is -0.0200. The molecule has 100 valence electrons. The van der Waals surface area contributed by atoms with Crippen molar-refractivity contribution in [3.05, 3.63) is 28.2 Å². The summed E-state index contributed by atoms with van der Waals surface area (Å²) in [5, 5.41) is 0. The van der Waals surface area contributed by atoms with Crippen LogP contribution in [0.1, 0.15) is 49.4 Å². The molecule has 0 bridgehead atoms. The van der Waals surface area contributed by atoms with E-state index in [0.29, 0.717) is 10.2 Å². The van der Waals surface area contributed by atoms with E-state index in [2.05, 4.69) is 44.8 Å². The molecule has 0 amide bonds. The maximum absolute atomic E-state index is 5.51. The molecule has 1 unspecified atom stereocenters. The van der Waals surface area contributed by atoms with Gasteiger partial charge >= 0.3 is 0 Å². The summed E-state index contributed by atoms with van der Waals surface area (Å²) in [6, 6.07) is 6.25. The molecule has 1 fully saturated rings. The van der Waals surface area contributed by atoms with Crippen molar-refractivity contribution in [3.8, 4) is 5.75 Å². The topological polar surface area (TPSA) is 9.23 Å². The zero-order chi connectivity index (χ0) is 13.2. The minimum atomic E-state index is 0.340. The molecule has 0 N–H and O–H groups in total. The van der Waals surface area contributed by atoms with Crippen LogP contribution in [-0.2, 0) is 0 Å². The predicted octanol–water partition coefficient (Wildman–Crippen LogP) is 5.86. The molecule has 1 aromatic rings. The van der Waals surface area contributed by atoms with Crippen LogP contribution in [0.5, 0.6) is 5.75 Å². The number of benzene rings is 1. The van der Waals surface area contributed by atoms with Gasteiger partial charge in [0.25, 0.3) is 0 Å². The van der Waals surface area contributed by atoms with Crippen LogP contribution < -0.4 is 4.74 Å². The lowest BCUT2D eigenvalue weighted by atomic mass is 9.72. The molecule has 1 atom stereocenters. The van der Waals surface area contributed by atoms with Crippen LogP contribution >= 0.6 is 31.9 Å². The highest BCUT2D eigenvalue weighted by Crippen LogP contribution is 2.52. The van der Waals surface area contributed by atoms with Gasteiger partial charge in [-0.2, -0.15) is 0 Å². The zero-order valence-electron chi connectivity index (χ0n) is 11.0. The van der Waals surface area contributed by atoms with Gasteiger partial charge in [-0.15, -0.1) is 0 Å². The van der Waals surface area contributed by atoms with E-state index in [0.717, 1.165) is 10.2 Å². The number of rotatable bonds is 3. The van der Waals surface area contributed by atoms with Gasteiger partial charge in [0.05, 0.1) is 7.11 Å². The summed E-state index contributed by atoms with van der Waals surface area (Å²) in [5.74, 6) is 0.979. The number of hydrogen-bond donors (Lipinski definition) is 0. The predicted molar refractivity (Wildman–Crippen MR) is 83.6 cm³/mol. The van der Waals surface area contributed by atoms with Crippen molar-refractivity contribution >= 4 is 31.9 Å². The number of halogens is 2. The molecule has 2 rings (SSSR count). The monoisotopic (exact) mass is 374 g/mol. The first-order chi connectivity index (χ1) is 8.57. The Bertz CT molecular complexity index is 411. The summed E-state index contributed by atoms with van der Waals surface area (Å²) in [4.78, 5) is 0.359. The first-order valence-corrected chi connectivity index (χ1v) is 8.25. The van der Waals surface area contributed by atoms with Crippen LogP contribution in [0.2, 0.25) is 0 Å². The summed E-state index contributed by atoms with van der Waals surface area (Å²) < 4.78 is 6.62. The quantitative estimate of drug-likeness (QED) is 0.600. The third-order valence-electron chi connectivity index (χ3n) is 4.07. The molecule has 0 aromatic heterocycles. The van der Waals surface area contributed by atoms with Gasteiger partial charge in [-0.3, -0.25) is 0 Å². The minimum Gasteiger partial charge on any atom is -0.496 e. The summed E-state index contributed by atoms with van der Waals surface area (Å²) in [6.07, 6.45) is 6.64. The Kier molecular flexibility index (Phi) is 4.76. The van der Waals surface area contributed by atoms with Crippen molar-refractivity contribution in [2.75, 3.05) is 7.11 Å². The van der Waals surface area contributed by atoms with Gasteiger partial charge in [0, 0.05) is 14.9 Å². The first kappa shape index (κ1) is 14.4. The zero-order valence-corrected chi connectivity index (χ0v) is 14.2. The van der Waals surface area contributed by atoms with E-state index < -0.39 is 0 Å². The summed E-state index contributed by atoms with van der Waals surface area (Å²) in [6.45, 7) is 2.39. The van der Waals surface area contributed by atoms with Crippen molar-refractivity contribution in [1.82, 2.24) is 0 Å². The van der Waals surface area contributed by atoms with Crippen molar-refractivity contribution < 1.29 is 4.74 Å². The van der Waals surface area contributed by atoms with E-state index in [-0.39, 0.29) is 0 Å². The highest BCUT2D eigenvalue weighted by molar-refractivity contribution is 9.10. The maximum Gasteiger partial charge on any atom is 0.123 e. The second-order valence-corrected chi connectivity index (χ2v) is 7.29. The molecule has 3 heteroatoms. The van der Waals surface area contributed by atoms with Crippen molar-refractivity contribution in [2.24, 2.45) is 5.41 Å². The van der Waals surface area contributed by atoms with E-state index in [4.69, 9.17) is 4.74 Å². The van der Waals surface area contributed by atoms with Crippen LogP contribution in [0.3, 0.4) is 0 Å². The fourth-order valence-corrected chi connectivity index (χ4v) is 4.09. The van der Waals surface area contributed by atoms with Gasteiger partial charge in [-0.1, -0.05) is 58.0 Å². The van der Waals surface area contributed by atoms with E-state index in [9.17, 15) is 0 Å². The summed E-state index contributed by atoms with van der Waals surface area (Å²) in [5.41, 5.74) is 1.60. The van der Waals surface area contributed by atoms with E-state index in [1.54, 1.807) is 7.11 Å².